The van der Waals surface area contributed by atoms with E-state index in [1.165, 1.54) is 19.3 Å². The standard InChI is InChI=1S/C14H14BrClN2O/c15-9-4-8(5-17-13(9)16)18-14(19)12-10-6-1-2-7(3-6)11(10)12/h4-7,10-12H,1-3H2,(H,18,19). The summed E-state index contributed by atoms with van der Waals surface area (Å²) in [4.78, 5) is 16.3. The van der Waals surface area contributed by atoms with Gasteiger partial charge < -0.3 is 5.32 Å². The van der Waals surface area contributed by atoms with Gasteiger partial charge in [-0.3, -0.25) is 4.79 Å². The molecule has 3 aliphatic carbocycles. The minimum absolute atomic E-state index is 0.169. The van der Waals surface area contributed by atoms with E-state index >= 15 is 0 Å². The number of nitrogens with zero attached hydrogens (tertiary/aromatic N) is 1. The lowest BCUT2D eigenvalue weighted by atomic mass is 10.0. The molecule has 3 saturated carbocycles. The Kier molecular flexibility index (Phi) is 2.68. The molecular weight excluding hydrogens is 328 g/mol. The monoisotopic (exact) mass is 340 g/mol. The zero-order chi connectivity index (χ0) is 13.1. The maximum atomic E-state index is 12.3. The van der Waals surface area contributed by atoms with Gasteiger partial charge in [-0.25, -0.2) is 4.98 Å². The van der Waals surface area contributed by atoms with Gasteiger partial charge in [0.1, 0.15) is 5.15 Å². The number of halogens is 2. The van der Waals surface area contributed by atoms with Gasteiger partial charge in [-0.2, -0.15) is 0 Å². The van der Waals surface area contributed by atoms with Gasteiger partial charge in [0, 0.05) is 5.92 Å². The molecule has 4 unspecified atom stereocenters. The first-order chi connectivity index (χ1) is 9.15. The molecule has 0 aliphatic heterocycles. The fourth-order valence-corrected chi connectivity index (χ4v) is 4.84. The maximum absolute atomic E-state index is 12.3. The molecule has 19 heavy (non-hydrogen) atoms. The van der Waals surface area contributed by atoms with Gasteiger partial charge in [-0.15, -0.1) is 0 Å². The number of pyridine rings is 1. The fourth-order valence-electron chi connectivity index (χ4n) is 4.39. The van der Waals surface area contributed by atoms with E-state index in [-0.39, 0.29) is 11.8 Å². The van der Waals surface area contributed by atoms with Crippen molar-refractivity contribution >= 4 is 39.1 Å². The lowest BCUT2D eigenvalue weighted by molar-refractivity contribution is -0.118. The summed E-state index contributed by atoms with van der Waals surface area (Å²) in [5.74, 6) is 3.40. The average molecular weight is 342 g/mol. The molecule has 100 valence electrons. The summed E-state index contributed by atoms with van der Waals surface area (Å²) in [6.45, 7) is 0. The molecule has 1 N–H and O–H groups in total. The molecule has 0 saturated heterocycles. The number of aromatic nitrogens is 1. The van der Waals surface area contributed by atoms with Crippen molar-refractivity contribution in [1.29, 1.82) is 0 Å². The fraction of sp³-hybridized carbons (Fsp3) is 0.571. The molecule has 0 aromatic carbocycles. The minimum Gasteiger partial charge on any atom is -0.324 e. The molecule has 1 amide bonds. The largest absolute Gasteiger partial charge is 0.324 e. The summed E-state index contributed by atoms with van der Waals surface area (Å²) in [6.07, 6.45) is 5.65. The number of rotatable bonds is 2. The highest BCUT2D eigenvalue weighted by Gasteiger charge is 2.67. The third-order valence-electron chi connectivity index (χ3n) is 5.10. The van der Waals surface area contributed by atoms with Crippen molar-refractivity contribution in [2.24, 2.45) is 29.6 Å². The predicted octanol–water partition coefficient (Wildman–Crippen LogP) is 3.73. The molecule has 1 aromatic heterocycles. The van der Waals surface area contributed by atoms with Crippen LogP contribution in [0.2, 0.25) is 5.15 Å². The van der Waals surface area contributed by atoms with Crippen LogP contribution in [0.4, 0.5) is 5.69 Å². The van der Waals surface area contributed by atoms with E-state index in [2.05, 4.69) is 26.2 Å². The second kappa shape index (κ2) is 4.19. The van der Waals surface area contributed by atoms with Crippen molar-refractivity contribution in [3.05, 3.63) is 21.9 Å². The Bertz CT molecular complexity index is 548. The van der Waals surface area contributed by atoms with E-state index < -0.39 is 0 Å². The van der Waals surface area contributed by atoms with Crippen LogP contribution in [0.15, 0.2) is 16.7 Å². The van der Waals surface area contributed by atoms with E-state index in [0.29, 0.717) is 21.5 Å². The molecule has 4 atom stereocenters. The van der Waals surface area contributed by atoms with Crippen LogP contribution >= 0.6 is 27.5 Å². The Labute approximate surface area is 125 Å². The summed E-state index contributed by atoms with van der Waals surface area (Å²) < 4.78 is 0.711. The lowest BCUT2D eigenvalue weighted by Gasteiger charge is -2.09. The van der Waals surface area contributed by atoms with Crippen LogP contribution in [-0.2, 0) is 4.79 Å². The topological polar surface area (TPSA) is 42.0 Å². The second-order valence-corrected chi connectivity index (χ2v) is 7.21. The number of hydrogen-bond acceptors (Lipinski definition) is 2. The maximum Gasteiger partial charge on any atom is 0.228 e. The molecule has 3 nitrogen and oxygen atoms in total. The Balaban J connectivity index is 1.47. The van der Waals surface area contributed by atoms with Gasteiger partial charge in [0.15, 0.2) is 0 Å². The highest BCUT2D eigenvalue weighted by atomic mass is 79.9. The average Bonchev–Trinajstić information content (AvgIpc) is 2.83. The lowest BCUT2D eigenvalue weighted by Crippen LogP contribution is -2.18. The third kappa shape index (κ3) is 1.83. The molecule has 5 heteroatoms. The van der Waals surface area contributed by atoms with Gasteiger partial charge in [-0.1, -0.05) is 11.6 Å². The molecule has 0 spiro atoms. The van der Waals surface area contributed by atoms with Crippen LogP contribution < -0.4 is 5.32 Å². The predicted molar refractivity (Wildman–Crippen MR) is 76.9 cm³/mol. The summed E-state index contributed by atoms with van der Waals surface area (Å²) in [5.41, 5.74) is 0.721. The molecule has 0 radical (unpaired) electrons. The van der Waals surface area contributed by atoms with E-state index in [0.717, 1.165) is 17.5 Å². The smallest absolute Gasteiger partial charge is 0.228 e. The quantitative estimate of drug-likeness (QED) is 0.833. The van der Waals surface area contributed by atoms with Crippen molar-refractivity contribution in [2.45, 2.75) is 19.3 Å². The molecule has 1 heterocycles. The molecule has 4 rings (SSSR count). The summed E-state index contributed by atoms with van der Waals surface area (Å²) in [6, 6.07) is 1.81. The van der Waals surface area contributed by atoms with Crippen LogP contribution in [0.25, 0.3) is 0 Å². The van der Waals surface area contributed by atoms with Crippen LogP contribution in [0.1, 0.15) is 19.3 Å². The minimum atomic E-state index is 0.169. The Morgan fingerprint density at radius 3 is 2.68 bits per heavy atom. The number of amides is 1. The highest BCUT2D eigenvalue weighted by Crippen LogP contribution is 2.69. The number of fused-ring (bicyclic) bond motifs is 5. The van der Waals surface area contributed by atoms with E-state index in [1.54, 1.807) is 12.3 Å². The van der Waals surface area contributed by atoms with E-state index in [4.69, 9.17) is 11.6 Å². The zero-order valence-electron chi connectivity index (χ0n) is 10.3. The number of carbonyl (C=O) groups is 1. The van der Waals surface area contributed by atoms with Gasteiger partial charge in [-0.05, 0) is 64.9 Å². The van der Waals surface area contributed by atoms with Crippen LogP contribution in [-0.4, -0.2) is 10.9 Å². The van der Waals surface area contributed by atoms with E-state index in [1.807, 2.05) is 0 Å². The number of anilines is 1. The van der Waals surface area contributed by atoms with Gasteiger partial charge in [0.2, 0.25) is 5.91 Å². The Morgan fingerprint density at radius 1 is 1.37 bits per heavy atom. The number of hydrogen-bond donors (Lipinski definition) is 1. The van der Waals surface area contributed by atoms with E-state index in [9.17, 15) is 4.79 Å². The zero-order valence-corrected chi connectivity index (χ0v) is 12.6. The molecule has 2 bridgehead atoms. The van der Waals surface area contributed by atoms with Gasteiger partial charge in [0.05, 0.1) is 16.4 Å². The first kappa shape index (κ1) is 12.2. The van der Waals surface area contributed by atoms with Crippen molar-refractivity contribution in [1.82, 2.24) is 4.98 Å². The molecule has 1 aromatic rings. The van der Waals surface area contributed by atoms with Crippen molar-refractivity contribution in [3.8, 4) is 0 Å². The SMILES string of the molecule is O=C(Nc1cnc(Cl)c(Br)c1)C1C2C3CCC(C3)C12. The highest BCUT2D eigenvalue weighted by molar-refractivity contribution is 9.10. The van der Waals surface area contributed by atoms with Crippen molar-refractivity contribution < 1.29 is 4.79 Å². The number of carbonyl (C=O) groups excluding carboxylic acids is 1. The van der Waals surface area contributed by atoms with Crippen LogP contribution in [0.5, 0.6) is 0 Å². The van der Waals surface area contributed by atoms with Crippen molar-refractivity contribution in [2.75, 3.05) is 5.32 Å². The first-order valence-corrected chi connectivity index (χ1v) is 7.94. The molecule has 3 aliphatic rings. The summed E-state index contributed by atoms with van der Waals surface area (Å²) in [5, 5.41) is 3.40. The van der Waals surface area contributed by atoms with Crippen LogP contribution in [0.3, 0.4) is 0 Å². The number of nitrogens with one attached hydrogen (secondary N) is 1. The third-order valence-corrected chi connectivity index (χ3v) is 6.24. The van der Waals surface area contributed by atoms with Crippen molar-refractivity contribution in [3.63, 3.8) is 0 Å². The molecular formula is C14H14BrClN2O. The first-order valence-electron chi connectivity index (χ1n) is 6.77. The Hall–Kier alpha value is -0.610. The van der Waals surface area contributed by atoms with Crippen LogP contribution in [0, 0.1) is 29.6 Å². The summed E-state index contributed by atoms with van der Waals surface area (Å²) in [7, 11) is 0. The molecule has 3 fully saturated rings. The Morgan fingerprint density at radius 2 is 2.05 bits per heavy atom. The van der Waals surface area contributed by atoms with Gasteiger partial charge in [0.25, 0.3) is 0 Å². The summed E-state index contributed by atoms with van der Waals surface area (Å²) >= 11 is 9.17. The second-order valence-electron chi connectivity index (χ2n) is 6.00. The van der Waals surface area contributed by atoms with Gasteiger partial charge >= 0.3 is 0 Å². The normalized spacial score (nSPS) is 38.1.